The molecule has 2 bridgehead atoms. The smallest absolute Gasteiger partial charge is 0.193 e. The lowest BCUT2D eigenvalue weighted by Gasteiger charge is -1.78. The maximum absolute atomic E-state index is 10.8. The minimum Gasteiger partial charge on any atom is -0.289 e. The molecule has 1 aromatic heterocycles. The van der Waals surface area contributed by atoms with Crippen LogP contribution in [0, 0.1) is 0 Å². The Kier molecular flexibility index (Phi) is 2.59. The van der Waals surface area contributed by atoms with Crippen molar-refractivity contribution < 1.29 is 9.36 Å². The van der Waals surface area contributed by atoms with Crippen molar-refractivity contribution in [2.75, 3.05) is 0 Å². The van der Waals surface area contributed by atoms with Crippen molar-refractivity contribution in [1.82, 2.24) is 0 Å². The molecular weight excluding hydrogens is 186 g/mol. The van der Waals surface area contributed by atoms with E-state index in [1.54, 1.807) is 0 Å². The quantitative estimate of drug-likeness (QED) is 0.579. The van der Waals surface area contributed by atoms with Gasteiger partial charge in [-0.1, -0.05) is 30.4 Å². The third-order valence-electron chi connectivity index (χ3n) is 2.27. The molecule has 2 heteroatoms. The van der Waals surface area contributed by atoms with Gasteiger partial charge in [0.2, 0.25) is 0 Å². The molecule has 74 valence electrons. The zero-order chi connectivity index (χ0) is 10.7. The van der Waals surface area contributed by atoms with Crippen LogP contribution in [0.25, 0.3) is 0 Å². The lowest BCUT2D eigenvalue weighted by atomic mass is 10.2. The summed E-state index contributed by atoms with van der Waals surface area (Å²) in [7, 11) is 2.00. The van der Waals surface area contributed by atoms with Gasteiger partial charge in [0, 0.05) is 23.3 Å². The summed E-state index contributed by atoms with van der Waals surface area (Å²) in [4.78, 5) is 10.8. The molecular formula is C13H12NO+. The van der Waals surface area contributed by atoms with Gasteiger partial charge in [0.05, 0.1) is 0 Å². The van der Waals surface area contributed by atoms with E-state index in [4.69, 9.17) is 0 Å². The van der Waals surface area contributed by atoms with Crippen LogP contribution >= 0.6 is 0 Å². The van der Waals surface area contributed by atoms with Crippen LogP contribution in [0.2, 0.25) is 0 Å². The van der Waals surface area contributed by atoms with Gasteiger partial charge in [-0.05, 0) is 0 Å². The second-order valence-corrected chi connectivity index (χ2v) is 3.45. The van der Waals surface area contributed by atoms with E-state index >= 15 is 0 Å². The first-order valence-electron chi connectivity index (χ1n) is 4.82. The van der Waals surface area contributed by atoms with Gasteiger partial charge in [0.25, 0.3) is 0 Å². The van der Waals surface area contributed by atoms with Crippen molar-refractivity contribution in [2.45, 2.75) is 0 Å². The number of fused-ring (bicyclic) bond motifs is 2. The minimum atomic E-state index is 0.185. The van der Waals surface area contributed by atoms with E-state index in [9.17, 15) is 4.79 Å². The molecule has 2 nitrogen and oxygen atoms in total. The number of nitrogens with zero attached hydrogens (tertiary/aromatic N) is 1. The Morgan fingerprint density at radius 3 is 1.67 bits per heavy atom. The van der Waals surface area contributed by atoms with Crippen LogP contribution in [-0.4, -0.2) is 5.78 Å². The maximum atomic E-state index is 10.8. The average molecular weight is 198 g/mol. The van der Waals surface area contributed by atoms with E-state index in [2.05, 4.69) is 0 Å². The summed E-state index contributed by atoms with van der Waals surface area (Å²) in [5.41, 5.74) is 1.67. The fourth-order valence-corrected chi connectivity index (χ4v) is 1.42. The van der Waals surface area contributed by atoms with Gasteiger partial charge in [0.1, 0.15) is 7.05 Å². The van der Waals surface area contributed by atoms with Crippen molar-refractivity contribution in [3.63, 3.8) is 0 Å². The summed E-state index contributed by atoms with van der Waals surface area (Å²) < 4.78 is 2.00. The zero-order valence-electron chi connectivity index (χ0n) is 8.55. The van der Waals surface area contributed by atoms with Crippen LogP contribution in [0.4, 0.5) is 0 Å². The number of carbonyl (C=O) groups is 1. The number of allylic oxidation sites excluding steroid dienone is 6. The topological polar surface area (TPSA) is 20.9 Å². The SMILES string of the molecule is C[n+]1ccccc1.O=C1C2=CC=C1C=C2. The Morgan fingerprint density at radius 1 is 0.933 bits per heavy atom. The number of ketones is 1. The van der Waals surface area contributed by atoms with Gasteiger partial charge in [-0.3, -0.25) is 4.79 Å². The highest BCUT2D eigenvalue weighted by atomic mass is 16.1. The number of pyridine rings is 1. The zero-order valence-corrected chi connectivity index (χ0v) is 8.55. The van der Waals surface area contributed by atoms with Crippen molar-refractivity contribution in [2.24, 2.45) is 7.05 Å². The Bertz CT molecular complexity index is 443. The van der Waals surface area contributed by atoms with E-state index in [0.717, 1.165) is 11.1 Å². The summed E-state index contributed by atoms with van der Waals surface area (Å²) in [5, 5.41) is 0. The minimum absolute atomic E-state index is 0.185. The molecule has 3 rings (SSSR count). The average Bonchev–Trinajstić information content (AvgIpc) is 2.79. The summed E-state index contributed by atoms with van der Waals surface area (Å²) >= 11 is 0. The summed E-state index contributed by atoms with van der Waals surface area (Å²) in [6, 6.07) is 6.00. The second-order valence-electron chi connectivity index (χ2n) is 3.45. The number of Topliss-reactive ketones (excluding diaryl/α,β-unsaturated/α-hetero) is 1. The number of hydrogen-bond donors (Lipinski definition) is 0. The van der Waals surface area contributed by atoms with Gasteiger partial charge in [0.15, 0.2) is 18.2 Å². The highest BCUT2D eigenvalue weighted by Crippen LogP contribution is 2.23. The van der Waals surface area contributed by atoms with Crippen LogP contribution in [0.5, 0.6) is 0 Å². The van der Waals surface area contributed by atoms with Gasteiger partial charge >= 0.3 is 0 Å². The van der Waals surface area contributed by atoms with Crippen LogP contribution in [0.1, 0.15) is 0 Å². The number of aromatic nitrogens is 1. The third kappa shape index (κ3) is 2.10. The molecule has 2 aliphatic carbocycles. The first kappa shape index (κ1) is 9.59. The van der Waals surface area contributed by atoms with E-state index in [1.807, 2.05) is 66.5 Å². The number of carbonyl (C=O) groups excluding carboxylic acids is 1. The van der Waals surface area contributed by atoms with Gasteiger partial charge in [-0.2, -0.15) is 0 Å². The first-order chi connectivity index (χ1) is 7.27. The van der Waals surface area contributed by atoms with Crippen molar-refractivity contribution in [3.05, 3.63) is 66.0 Å². The number of aryl methyl sites for hydroxylation is 1. The van der Waals surface area contributed by atoms with Crippen LogP contribution < -0.4 is 4.57 Å². The molecule has 0 N–H and O–H groups in total. The Morgan fingerprint density at radius 2 is 1.47 bits per heavy atom. The summed E-state index contributed by atoms with van der Waals surface area (Å²) in [6.45, 7) is 0. The van der Waals surface area contributed by atoms with Crippen LogP contribution in [0.15, 0.2) is 66.0 Å². The molecule has 0 saturated heterocycles. The lowest BCUT2D eigenvalue weighted by Crippen LogP contribution is -2.25. The molecule has 0 radical (unpaired) electrons. The Labute approximate surface area is 88.9 Å². The van der Waals surface area contributed by atoms with Crippen molar-refractivity contribution in [1.29, 1.82) is 0 Å². The van der Waals surface area contributed by atoms with E-state index in [-0.39, 0.29) is 5.78 Å². The lowest BCUT2D eigenvalue weighted by molar-refractivity contribution is -0.671. The van der Waals surface area contributed by atoms with Gasteiger partial charge in [-0.15, -0.1) is 0 Å². The normalized spacial score (nSPS) is 15.7. The van der Waals surface area contributed by atoms with E-state index in [0.29, 0.717) is 0 Å². The molecule has 0 saturated carbocycles. The molecule has 0 spiro atoms. The Balaban J connectivity index is 0.000000115. The highest BCUT2D eigenvalue weighted by molar-refractivity contribution is 6.17. The molecule has 0 amide bonds. The van der Waals surface area contributed by atoms with E-state index in [1.165, 1.54) is 0 Å². The molecule has 0 unspecified atom stereocenters. The van der Waals surface area contributed by atoms with Crippen molar-refractivity contribution in [3.8, 4) is 0 Å². The molecule has 15 heavy (non-hydrogen) atoms. The summed E-state index contributed by atoms with van der Waals surface area (Å²) in [6.07, 6.45) is 11.4. The van der Waals surface area contributed by atoms with Crippen LogP contribution in [0.3, 0.4) is 0 Å². The Hall–Kier alpha value is -1.96. The second kappa shape index (κ2) is 4.05. The molecule has 0 aliphatic heterocycles. The van der Waals surface area contributed by atoms with E-state index < -0.39 is 0 Å². The van der Waals surface area contributed by atoms with Crippen LogP contribution in [-0.2, 0) is 11.8 Å². The fraction of sp³-hybridized carbons (Fsp3) is 0.0769. The highest BCUT2D eigenvalue weighted by Gasteiger charge is 2.19. The fourth-order valence-electron chi connectivity index (χ4n) is 1.42. The summed E-state index contributed by atoms with van der Waals surface area (Å²) in [5.74, 6) is 0.185. The molecule has 2 aliphatic rings. The van der Waals surface area contributed by atoms with Gasteiger partial charge < -0.3 is 0 Å². The molecule has 0 fully saturated rings. The third-order valence-corrected chi connectivity index (χ3v) is 2.27. The van der Waals surface area contributed by atoms with Crippen molar-refractivity contribution >= 4 is 5.78 Å². The molecule has 0 aromatic carbocycles. The molecule has 1 heterocycles. The molecule has 0 atom stereocenters. The monoisotopic (exact) mass is 198 g/mol. The number of rotatable bonds is 0. The predicted molar refractivity (Wildman–Crippen MR) is 57.9 cm³/mol. The molecule has 1 aromatic rings. The standard InChI is InChI=1S/C7H4O.C6H8N/c8-7-5-1-2-6(7)4-3-5;1-7-5-3-2-4-6-7/h1-4H;2-6H,1H3/q;+1. The first-order valence-corrected chi connectivity index (χ1v) is 4.82. The largest absolute Gasteiger partial charge is 0.289 e. The van der Waals surface area contributed by atoms with Gasteiger partial charge in [-0.25, -0.2) is 4.57 Å². The maximum Gasteiger partial charge on any atom is 0.193 e. The predicted octanol–water partition coefficient (Wildman–Crippen LogP) is 1.50. The number of hydrogen-bond acceptors (Lipinski definition) is 1.